The lowest BCUT2D eigenvalue weighted by atomic mass is 10.0. The number of nitrogens with one attached hydrogen (secondary N) is 1. The van der Waals surface area contributed by atoms with Crippen LogP contribution in [0.4, 0.5) is 45.3 Å². The molecular weight excluding hydrogens is 469 g/mol. The molecule has 0 bridgehead atoms. The molecule has 1 N–H and O–H groups in total. The van der Waals surface area contributed by atoms with Crippen molar-refractivity contribution < 1.29 is 44.3 Å². The molecule has 0 aliphatic rings. The first kappa shape index (κ1) is 24.1. The van der Waals surface area contributed by atoms with E-state index in [2.05, 4.69) is 20.0 Å². The Balaban J connectivity index is 1.89. The first-order chi connectivity index (χ1) is 15.2. The molecule has 0 fully saturated rings. The highest BCUT2D eigenvalue weighted by Gasteiger charge is 2.37. The van der Waals surface area contributed by atoms with E-state index in [-0.39, 0.29) is 24.1 Å². The molecule has 0 radical (unpaired) electrons. The number of rotatable bonds is 5. The maximum absolute atomic E-state index is 13.2. The topological polar surface area (TPSA) is 47.0 Å². The molecule has 0 spiro atoms. The molecule has 0 atom stereocenters. The van der Waals surface area contributed by atoms with Crippen LogP contribution in [0.2, 0.25) is 0 Å². The van der Waals surface area contributed by atoms with E-state index in [1.165, 1.54) is 18.3 Å². The minimum absolute atomic E-state index is 0.00244. The monoisotopic (exact) mass is 481 g/mol. The van der Waals surface area contributed by atoms with Crippen LogP contribution in [0.15, 0.2) is 54.9 Å². The molecule has 0 aliphatic heterocycles. The summed E-state index contributed by atoms with van der Waals surface area (Å²) in [4.78, 5) is 7.77. The number of ether oxygens (including phenoxy) is 1. The Kier molecular flexibility index (Phi) is 6.43. The summed E-state index contributed by atoms with van der Waals surface area (Å²) in [5.41, 5.74) is -3.33. The minimum atomic E-state index is -5.04. The van der Waals surface area contributed by atoms with Gasteiger partial charge in [-0.1, -0.05) is 12.1 Å². The van der Waals surface area contributed by atoms with Gasteiger partial charge in [0.2, 0.25) is 0 Å². The third-order valence-corrected chi connectivity index (χ3v) is 4.18. The van der Waals surface area contributed by atoms with Crippen molar-refractivity contribution in [2.24, 2.45) is 0 Å². The summed E-state index contributed by atoms with van der Waals surface area (Å²) in [6.07, 6.45) is -12.7. The van der Waals surface area contributed by atoms with Gasteiger partial charge in [0, 0.05) is 24.5 Å². The lowest BCUT2D eigenvalue weighted by molar-refractivity contribution is -0.274. The molecule has 3 aromatic rings. The van der Waals surface area contributed by atoms with E-state index in [1.54, 1.807) is 0 Å². The summed E-state index contributed by atoms with van der Waals surface area (Å²) >= 11 is 0. The Morgan fingerprint density at radius 2 is 1.27 bits per heavy atom. The third-order valence-electron chi connectivity index (χ3n) is 4.18. The summed E-state index contributed by atoms with van der Waals surface area (Å²) in [7, 11) is 0. The normalized spacial score (nSPS) is 12.5. The Labute approximate surface area is 180 Å². The van der Waals surface area contributed by atoms with Crippen molar-refractivity contribution in [2.75, 3.05) is 5.32 Å². The summed E-state index contributed by atoms with van der Waals surface area (Å²) < 4.78 is 119. The van der Waals surface area contributed by atoms with Crippen LogP contribution in [0.5, 0.6) is 5.75 Å². The smallest absolute Gasteiger partial charge is 0.406 e. The van der Waals surface area contributed by atoms with Crippen molar-refractivity contribution in [3.63, 3.8) is 0 Å². The fourth-order valence-electron chi connectivity index (χ4n) is 2.77. The van der Waals surface area contributed by atoms with Crippen molar-refractivity contribution in [3.05, 3.63) is 71.5 Å². The van der Waals surface area contributed by atoms with Crippen LogP contribution in [0.1, 0.15) is 16.7 Å². The number of hydrogen-bond acceptors (Lipinski definition) is 4. The number of hydrogen-bond donors (Lipinski definition) is 1. The van der Waals surface area contributed by atoms with Crippen LogP contribution >= 0.6 is 0 Å². The zero-order valence-corrected chi connectivity index (χ0v) is 16.1. The second kappa shape index (κ2) is 8.79. The molecule has 1 aromatic heterocycles. The van der Waals surface area contributed by atoms with Crippen molar-refractivity contribution >= 4 is 5.82 Å². The van der Waals surface area contributed by atoms with Gasteiger partial charge in [-0.25, -0.2) is 4.98 Å². The molecule has 176 valence electrons. The first-order valence-electron chi connectivity index (χ1n) is 8.92. The number of anilines is 1. The van der Waals surface area contributed by atoms with Gasteiger partial charge in [0.1, 0.15) is 11.4 Å². The fraction of sp³-hybridized carbons (Fsp3) is 0.200. The molecule has 0 aliphatic carbocycles. The van der Waals surface area contributed by atoms with Crippen LogP contribution in [-0.4, -0.2) is 16.3 Å². The maximum atomic E-state index is 13.2. The van der Waals surface area contributed by atoms with Crippen molar-refractivity contribution in [1.29, 1.82) is 0 Å². The number of nitrogens with zero attached hydrogens (tertiary/aromatic N) is 2. The van der Waals surface area contributed by atoms with Gasteiger partial charge < -0.3 is 10.1 Å². The third kappa shape index (κ3) is 6.49. The van der Waals surface area contributed by atoms with Gasteiger partial charge in [-0.2, -0.15) is 26.3 Å². The van der Waals surface area contributed by atoms with E-state index >= 15 is 0 Å². The molecule has 33 heavy (non-hydrogen) atoms. The Morgan fingerprint density at radius 3 is 1.79 bits per heavy atom. The van der Waals surface area contributed by atoms with Gasteiger partial charge in [0.05, 0.1) is 11.1 Å². The van der Waals surface area contributed by atoms with Gasteiger partial charge in [-0.15, -0.1) is 13.2 Å². The zero-order chi connectivity index (χ0) is 24.4. The summed E-state index contributed by atoms with van der Waals surface area (Å²) in [5.74, 6) is -0.587. The van der Waals surface area contributed by atoms with Crippen LogP contribution in [-0.2, 0) is 18.9 Å². The molecule has 4 nitrogen and oxygen atoms in total. The summed E-state index contributed by atoms with van der Waals surface area (Å²) in [5, 5.41) is 2.71. The predicted molar refractivity (Wildman–Crippen MR) is 97.9 cm³/mol. The average molecular weight is 481 g/mol. The van der Waals surface area contributed by atoms with Crippen LogP contribution < -0.4 is 10.1 Å². The Hall–Kier alpha value is -3.51. The minimum Gasteiger partial charge on any atom is -0.406 e. The predicted octanol–water partition coefficient (Wildman–Crippen LogP) is 6.69. The van der Waals surface area contributed by atoms with E-state index in [0.717, 1.165) is 18.3 Å². The van der Waals surface area contributed by atoms with E-state index in [9.17, 15) is 39.5 Å². The molecule has 0 saturated carbocycles. The summed E-state index contributed by atoms with van der Waals surface area (Å²) in [6, 6.07) is 5.71. The van der Waals surface area contributed by atoms with Crippen LogP contribution in [0, 0.1) is 0 Å². The van der Waals surface area contributed by atoms with Crippen LogP contribution in [0.3, 0.4) is 0 Å². The van der Waals surface area contributed by atoms with Gasteiger partial charge in [0.15, 0.2) is 5.82 Å². The SMILES string of the molecule is FC(F)(F)Oc1ccc(CNc2nccnc2-c2cc(C(F)(F)F)cc(C(F)(F)F)c2)cc1. The molecule has 0 unspecified atom stereocenters. The highest BCUT2D eigenvalue weighted by Crippen LogP contribution is 2.39. The molecular formula is C20H12F9N3O. The highest BCUT2D eigenvalue weighted by molar-refractivity contribution is 5.72. The van der Waals surface area contributed by atoms with E-state index in [0.29, 0.717) is 17.7 Å². The molecule has 2 aromatic carbocycles. The van der Waals surface area contributed by atoms with Crippen molar-refractivity contribution in [1.82, 2.24) is 9.97 Å². The number of alkyl halides is 9. The number of halogens is 9. The van der Waals surface area contributed by atoms with Gasteiger partial charge in [-0.3, -0.25) is 4.98 Å². The van der Waals surface area contributed by atoms with Crippen molar-refractivity contribution in [3.8, 4) is 17.0 Å². The molecule has 0 saturated heterocycles. The standard InChI is InChI=1S/C20H12F9N3O/c21-18(22,23)13-7-12(8-14(9-13)19(24,25)26)16-17(31-6-5-30-16)32-10-11-1-3-15(4-2-11)33-20(27,28)29/h1-9H,10H2,(H,31,32). The largest absolute Gasteiger partial charge is 0.573 e. The molecule has 1 heterocycles. The van der Waals surface area contributed by atoms with E-state index in [1.807, 2.05) is 0 Å². The zero-order valence-electron chi connectivity index (χ0n) is 16.1. The Bertz CT molecular complexity index is 1080. The highest BCUT2D eigenvalue weighted by atomic mass is 19.4. The molecule has 3 rings (SSSR count). The quantitative estimate of drug-likeness (QED) is 0.413. The van der Waals surface area contributed by atoms with E-state index < -0.39 is 41.2 Å². The molecule has 13 heteroatoms. The number of aromatic nitrogens is 2. The van der Waals surface area contributed by atoms with Gasteiger partial charge in [0.25, 0.3) is 0 Å². The van der Waals surface area contributed by atoms with Crippen LogP contribution in [0.25, 0.3) is 11.3 Å². The average Bonchev–Trinajstić information content (AvgIpc) is 2.71. The fourth-order valence-corrected chi connectivity index (χ4v) is 2.77. The number of benzene rings is 2. The maximum Gasteiger partial charge on any atom is 0.573 e. The molecule has 0 amide bonds. The lowest BCUT2D eigenvalue weighted by Gasteiger charge is -2.16. The second-order valence-corrected chi connectivity index (χ2v) is 6.59. The first-order valence-corrected chi connectivity index (χ1v) is 8.92. The lowest BCUT2D eigenvalue weighted by Crippen LogP contribution is -2.17. The van der Waals surface area contributed by atoms with Crippen molar-refractivity contribution in [2.45, 2.75) is 25.3 Å². The van der Waals surface area contributed by atoms with Gasteiger partial charge >= 0.3 is 18.7 Å². The second-order valence-electron chi connectivity index (χ2n) is 6.59. The van der Waals surface area contributed by atoms with Gasteiger partial charge in [-0.05, 0) is 35.9 Å². The summed E-state index contributed by atoms with van der Waals surface area (Å²) in [6.45, 7) is -0.0664. The Morgan fingerprint density at radius 1 is 0.727 bits per heavy atom. The van der Waals surface area contributed by atoms with E-state index in [4.69, 9.17) is 0 Å².